The van der Waals surface area contributed by atoms with Crippen LogP contribution in [0.3, 0.4) is 0 Å². The number of likely N-dealkylation sites (tertiary alicyclic amines) is 1. The Balaban J connectivity index is 1.28. The molecule has 9 nitrogen and oxygen atoms in total. The highest BCUT2D eigenvalue weighted by atomic mass is 15.4. The maximum atomic E-state index is 9.76. The summed E-state index contributed by atoms with van der Waals surface area (Å²) in [5.41, 5.74) is 6.22. The number of hydrogen-bond acceptors (Lipinski definition) is 6. The highest BCUT2D eigenvalue weighted by molar-refractivity contribution is 5.78. The first kappa shape index (κ1) is 23.7. The lowest BCUT2D eigenvalue weighted by Crippen LogP contribution is -2.68. The summed E-state index contributed by atoms with van der Waals surface area (Å²) < 4.78 is 5.55. The SMILES string of the molecule is C=C(CCc1ccccc1)N1CC(CC#N)(n2cc(-c3nc(-c4cnn(C)c4)cn4nccc34)cn2)C1C. The first-order valence-corrected chi connectivity index (χ1v) is 12.7. The summed E-state index contributed by atoms with van der Waals surface area (Å²) in [6.07, 6.45) is 13.4. The topological polar surface area (TPSA) is 92.9 Å². The quantitative estimate of drug-likeness (QED) is 0.311. The lowest BCUT2D eigenvalue weighted by molar-refractivity contribution is -0.0345. The van der Waals surface area contributed by atoms with E-state index < -0.39 is 5.54 Å². The number of allylic oxidation sites excluding steroid dienone is 1. The monoisotopic (exact) mass is 503 g/mol. The van der Waals surface area contributed by atoms with Crippen LogP contribution in [0.15, 0.2) is 85.9 Å². The molecule has 1 saturated heterocycles. The molecule has 2 atom stereocenters. The summed E-state index contributed by atoms with van der Waals surface area (Å²) >= 11 is 0. The van der Waals surface area contributed by atoms with Crippen molar-refractivity contribution in [2.24, 2.45) is 7.05 Å². The van der Waals surface area contributed by atoms with Crippen LogP contribution in [-0.4, -0.2) is 51.6 Å². The van der Waals surface area contributed by atoms with Crippen LogP contribution in [0.25, 0.3) is 28.0 Å². The lowest BCUT2D eigenvalue weighted by Gasteiger charge is -2.57. The van der Waals surface area contributed by atoms with Crippen molar-refractivity contribution in [2.75, 3.05) is 6.54 Å². The zero-order chi connectivity index (χ0) is 26.3. The van der Waals surface area contributed by atoms with Gasteiger partial charge >= 0.3 is 0 Å². The molecule has 190 valence electrons. The molecule has 6 rings (SSSR count). The first-order chi connectivity index (χ1) is 18.5. The third-order valence-electron chi connectivity index (χ3n) is 7.73. The van der Waals surface area contributed by atoms with Gasteiger partial charge in [0.1, 0.15) is 5.54 Å². The minimum atomic E-state index is -0.430. The minimum Gasteiger partial charge on any atom is -0.367 e. The third-order valence-corrected chi connectivity index (χ3v) is 7.73. The van der Waals surface area contributed by atoms with Crippen molar-refractivity contribution in [3.05, 3.63) is 91.4 Å². The number of nitrogens with zero attached hydrogens (tertiary/aromatic N) is 9. The fraction of sp³-hybridized carbons (Fsp3) is 0.276. The van der Waals surface area contributed by atoms with Gasteiger partial charge in [0, 0.05) is 42.8 Å². The van der Waals surface area contributed by atoms with Gasteiger partial charge < -0.3 is 4.90 Å². The van der Waals surface area contributed by atoms with E-state index >= 15 is 0 Å². The molecule has 0 N–H and O–H groups in total. The molecule has 0 amide bonds. The Hall–Kier alpha value is -4.71. The van der Waals surface area contributed by atoms with Crippen LogP contribution < -0.4 is 0 Å². The van der Waals surface area contributed by atoms with E-state index in [2.05, 4.69) is 58.9 Å². The normalized spacial score (nSPS) is 18.9. The second kappa shape index (κ2) is 9.30. The number of hydrogen-bond donors (Lipinski definition) is 0. The average Bonchev–Trinajstić information content (AvgIpc) is 3.70. The van der Waals surface area contributed by atoms with Crippen molar-refractivity contribution in [2.45, 2.75) is 37.8 Å². The van der Waals surface area contributed by atoms with Crippen molar-refractivity contribution >= 4 is 5.52 Å². The van der Waals surface area contributed by atoms with Gasteiger partial charge in [0.15, 0.2) is 0 Å². The van der Waals surface area contributed by atoms with Gasteiger partial charge in [0.05, 0.1) is 60.2 Å². The van der Waals surface area contributed by atoms with Crippen molar-refractivity contribution in [1.82, 2.24) is 39.1 Å². The Morgan fingerprint density at radius 2 is 1.89 bits per heavy atom. The Labute approximate surface area is 221 Å². The van der Waals surface area contributed by atoms with E-state index in [4.69, 9.17) is 10.1 Å². The van der Waals surface area contributed by atoms with E-state index in [1.807, 2.05) is 53.2 Å². The Morgan fingerprint density at radius 1 is 1.08 bits per heavy atom. The molecule has 38 heavy (non-hydrogen) atoms. The largest absolute Gasteiger partial charge is 0.367 e. The maximum absolute atomic E-state index is 9.76. The van der Waals surface area contributed by atoms with Gasteiger partial charge in [-0.25, -0.2) is 9.50 Å². The van der Waals surface area contributed by atoms with Crippen molar-refractivity contribution in [1.29, 1.82) is 5.26 Å². The molecule has 1 fully saturated rings. The summed E-state index contributed by atoms with van der Waals surface area (Å²) in [5, 5.41) is 23.3. The third kappa shape index (κ3) is 3.95. The van der Waals surface area contributed by atoms with Gasteiger partial charge in [0.2, 0.25) is 0 Å². The zero-order valence-electron chi connectivity index (χ0n) is 21.6. The fourth-order valence-corrected chi connectivity index (χ4v) is 5.41. The molecule has 2 unspecified atom stereocenters. The number of aryl methyl sites for hydroxylation is 2. The molecule has 0 aliphatic carbocycles. The molecule has 0 bridgehead atoms. The average molecular weight is 504 g/mol. The summed E-state index contributed by atoms with van der Waals surface area (Å²) in [6, 6.07) is 14.9. The van der Waals surface area contributed by atoms with Crippen LogP contribution >= 0.6 is 0 Å². The summed E-state index contributed by atoms with van der Waals surface area (Å²) in [4.78, 5) is 7.27. The predicted octanol–water partition coefficient (Wildman–Crippen LogP) is 4.45. The van der Waals surface area contributed by atoms with E-state index in [9.17, 15) is 5.26 Å². The van der Waals surface area contributed by atoms with E-state index in [1.54, 1.807) is 17.1 Å². The molecule has 0 radical (unpaired) electrons. The van der Waals surface area contributed by atoms with Crippen LogP contribution in [0.5, 0.6) is 0 Å². The smallest absolute Gasteiger partial charge is 0.113 e. The molecule has 1 aromatic carbocycles. The molecule has 0 saturated carbocycles. The fourth-order valence-electron chi connectivity index (χ4n) is 5.41. The molecule has 5 heterocycles. The number of aromatic nitrogens is 7. The van der Waals surface area contributed by atoms with Crippen LogP contribution in [-0.2, 0) is 19.0 Å². The van der Waals surface area contributed by atoms with Gasteiger partial charge in [-0.05, 0) is 31.4 Å². The van der Waals surface area contributed by atoms with E-state index in [0.29, 0.717) is 13.0 Å². The van der Waals surface area contributed by atoms with Gasteiger partial charge in [-0.3, -0.25) is 9.36 Å². The second-order valence-electron chi connectivity index (χ2n) is 10.0. The van der Waals surface area contributed by atoms with Gasteiger partial charge in [-0.1, -0.05) is 36.9 Å². The Bertz CT molecular complexity index is 1650. The van der Waals surface area contributed by atoms with Gasteiger partial charge in [-0.2, -0.15) is 20.6 Å². The Morgan fingerprint density at radius 3 is 2.63 bits per heavy atom. The second-order valence-corrected chi connectivity index (χ2v) is 10.0. The molecule has 5 aromatic rings. The van der Waals surface area contributed by atoms with Crippen molar-refractivity contribution < 1.29 is 0 Å². The van der Waals surface area contributed by atoms with Crippen LogP contribution in [0, 0.1) is 11.3 Å². The molecule has 0 spiro atoms. The molecular weight excluding hydrogens is 474 g/mol. The van der Waals surface area contributed by atoms with Gasteiger partial charge in [-0.15, -0.1) is 0 Å². The maximum Gasteiger partial charge on any atom is 0.113 e. The molecular formula is C29H29N9. The zero-order valence-corrected chi connectivity index (χ0v) is 21.6. The molecule has 1 aliphatic rings. The molecule has 4 aromatic heterocycles. The first-order valence-electron chi connectivity index (χ1n) is 12.7. The van der Waals surface area contributed by atoms with Crippen LogP contribution in [0.1, 0.15) is 25.3 Å². The number of rotatable bonds is 8. The van der Waals surface area contributed by atoms with E-state index in [0.717, 1.165) is 46.6 Å². The van der Waals surface area contributed by atoms with E-state index in [1.165, 1.54) is 5.56 Å². The Kier molecular flexibility index (Phi) is 5.80. The number of nitriles is 1. The predicted molar refractivity (Wildman–Crippen MR) is 145 cm³/mol. The lowest BCUT2D eigenvalue weighted by atomic mass is 9.77. The summed E-state index contributed by atoms with van der Waals surface area (Å²) in [6.45, 7) is 7.22. The summed E-state index contributed by atoms with van der Waals surface area (Å²) in [5.74, 6) is 0. The standard InChI is InChI=1S/C29H29N9/c1-21(9-10-23-7-5-4-6-8-23)36-20-29(12-13-30,22(36)2)38-18-25(16-33-38)28-27-11-14-31-37(27)19-26(34-28)24-15-32-35(3)17-24/h4-8,11,14-19,22H,1,9-10,12,20H2,2-3H3. The molecule has 1 aliphatic heterocycles. The highest BCUT2D eigenvalue weighted by Crippen LogP contribution is 2.42. The number of benzene rings is 1. The highest BCUT2D eigenvalue weighted by Gasteiger charge is 2.52. The van der Waals surface area contributed by atoms with Crippen molar-refractivity contribution in [3.8, 4) is 28.6 Å². The van der Waals surface area contributed by atoms with Crippen molar-refractivity contribution in [3.63, 3.8) is 0 Å². The van der Waals surface area contributed by atoms with E-state index in [-0.39, 0.29) is 6.04 Å². The van der Waals surface area contributed by atoms with Gasteiger partial charge in [0.25, 0.3) is 0 Å². The minimum absolute atomic E-state index is 0.0860. The number of fused-ring (bicyclic) bond motifs is 1. The summed E-state index contributed by atoms with van der Waals surface area (Å²) in [7, 11) is 1.88. The van der Waals surface area contributed by atoms with Crippen LogP contribution in [0.4, 0.5) is 0 Å². The molecule has 9 heteroatoms. The van der Waals surface area contributed by atoms with Crippen LogP contribution in [0.2, 0.25) is 0 Å².